The Labute approximate surface area is 97.0 Å². The SMILES string of the molecule is CCC(CO)Cc1ccc(S(C)(=O)=O)cc1. The van der Waals surface area contributed by atoms with Gasteiger partial charge in [0.1, 0.15) is 0 Å². The first kappa shape index (κ1) is 13.2. The van der Waals surface area contributed by atoms with E-state index in [1.165, 1.54) is 6.26 Å². The van der Waals surface area contributed by atoms with Crippen LogP contribution in [0.3, 0.4) is 0 Å². The normalized spacial score (nSPS) is 13.7. The zero-order chi connectivity index (χ0) is 12.2. The number of sulfone groups is 1. The Morgan fingerprint density at radius 1 is 1.25 bits per heavy atom. The summed E-state index contributed by atoms with van der Waals surface area (Å²) in [4.78, 5) is 0.341. The van der Waals surface area contributed by atoms with Gasteiger partial charge in [-0.2, -0.15) is 0 Å². The first-order valence-corrected chi connectivity index (χ1v) is 7.26. The maximum Gasteiger partial charge on any atom is 0.175 e. The standard InChI is InChI=1S/C12H18O3S/c1-3-10(9-13)8-11-4-6-12(7-5-11)16(2,14)15/h4-7,10,13H,3,8-9H2,1-2H3. The van der Waals surface area contributed by atoms with E-state index in [0.717, 1.165) is 18.4 Å². The molecule has 0 fully saturated rings. The van der Waals surface area contributed by atoms with Crippen LogP contribution in [0.4, 0.5) is 0 Å². The molecule has 16 heavy (non-hydrogen) atoms. The summed E-state index contributed by atoms with van der Waals surface area (Å²) >= 11 is 0. The van der Waals surface area contributed by atoms with Crippen molar-refractivity contribution in [2.45, 2.75) is 24.7 Å². The lowest BCUT2D eigenvalue weighted by Gasteiger charge is -2.11. The van der Waals surface area contributed by atoms with E-state index in [1.807, 2.05) is 19.1 Å². The molecule has 0 aliphatic rings. The summed E-state index contributed by atoms with van der Waals surface area (Å²) in [5.74, 6) is 0.254. The van der Waals surface area contributed by atoms with Crippen molar-refractivity contribution in [3.05, 3.63) is 29.8 Å². The van der Waals surface area contributed by atoms with Gasteiger partial charge in [0, 0.05) is 12.9 Å². The minimum atomic E-state index is -3.11. The van der Waals surface area contributed by atoms with Gasteiger partial charge in [-0.3, -0.25) is 0 Å². The summed E-state index contributed by atoms with van der Waals surface area (Å²) in [7, 11) is -3.11. The Bertz CT molecular complexity index is 416. The zero-order valence-corrected chi connectivity index (χ0v) is 10.5. The predicted octanol–water partition coefficient (Wildman–Crippen LogP) is 1.65. The van der Waals surface area contributed by atoms with Gasteiger partial charge >= 0.3 is 0 Å². The molecule has 4 heteroatoms. The van der Waals surface area contributed by atoms with Crippen molar-refractivity contribution in [1.82, 2.24) is 0 Å². The van der Waals surface area contributed by atoms with Crippen LogP contribution in [0.2, 0.25) is 0 Å². The lowest BCUT2D eigenvalue weighted by Crippen LogP contribution is -2.08. The number of hydrogen-bond donors (Lipinski definition) is 1. The highest BCUT2D eigenvalue weighted by Crippen LogP contribution is 2.15. The minimum Gasteiger partial charge on any atom is -0.396 e. The van der Waals surface area contributed by atoms with Gasteiger partial charge in [-0.1, -0.05) is 25.5 Å². The largest absolute Gasteiger partial charge is 0.396 e. The second kappa shape index (κ2) is 5.46. The fraction of sp³-hybridized carbons (Fsp3) is 0.500. The third-order valence-corrected chi connectivity index (χ3v) is 3.84. The summed E-state index contributed by atoms with van der Waals surface area (Å²) in [5.41, 5.74) is 1.06. The van der Waals surface area contributed by atoms with Crippen molar-refractivity contribution in [2.24, 2.45) is 5.92 Å². The Kier molecular flexibility index (Phi) is 4.50. The Balaban J connectivity index is 2.80. The van der Waals surface area contributed by atoms with E-state index in [9.17, 15) is 8.42 Å². The van der Waals surface area contributed by atoms with Crippen LogP contribution < -0.4 is 0 Å². The summed E-state index contributed by atoms with van der Waals surface area (Å²) in [6, 6.07) is 6.87. The van der Waals surface area contributed by atoms with Gasteiger partial charge in [0.05, 0.1) is 4.90 Å². The molecule has 0 amide bonds. The Morgan fingerprint density at radius 2 is 1.81 bits per heavy atom. The fourth-order valence-electron chi connectivity index (χ4n) is 1.54. The molecule has 3 nitrogen and oxygen atoms in total. The van der Waals surface area contributed by atoms with E-state index in [2.05, 4.69) is 0 Å². The second-order valence-electron chi connectivity index (χ2n) is 4.08. The minimum absolute atomic E-state index is 0.171. The van der Waals surface area contributed by atoms with E-state index in [0.29, 0.717) is 4.90 Å². The molecule has 0 spiro atoms. The molecule has 0 saturated carbocycles. The van der Waals surface area contributed by atoms with Crippen LogP contribution in [0, 0.1) is 5.92 Å². The van der Waals surface area contributed by atoms with Gasteiger partial charge < -0.3 is 5.11 Å². The lowest BCUT2D eigenvalue weighted by atomic mass is 9.98. The molecule has 1 aromatic rings. The van der Waals surface area contributed by atoms with Gasteiger partial charge in [0.15, 0.2) is 9.84 Å². The van der Waals surface area contributed by atoms with Gasteiger partial charge in [0.2, 0.25) is 0 Å². The average Bonchev–Trinajstić information content (AvgIpc) is 2.25. The van der Waals surface area contributed by atoms with Crippen molar-refractivity contribution < 1.29 is 13.5 Å². The zero-order valence-electron chi connectivity index (χ0n) is 9.68. The highest BCUT2D eigenvalue weighted by Gasteiger charge is 2.08. The third kappa shape index (κ3) is 3.61. The smallest absolute Gasteiger partial charge is 0.175 e. The van der Waals surface area contributed by atoms with E-state index < -0.39 is 9.84 Å². The molecule has 0 aliphatic carbocycles. The third-order valence-electron chi connectivity index (χ3n) is 2.71. The number of aliphatic hydroxyl groups excluding tert-OH is 1. The highest BCUT2D eigenvalue weighted by molar-refractivity contribution is 7.90. The molecule has 0 radical (unpaired) electrons. The maximum atomic E-state index is 11.2. The number of hydrogen-bond acceptors (Lipinski definition) is 3. The molecule has 1 N–H and O–H groups in total. The van der Waals surface area contributed by atoms with Crippen molar-refractivity contribution in [1.29, 1.82) is 0 Å². The molecule has 90 valence electrons. The number of rotatable bonds is 5. The molecule has 1 atom stereocenters. The van der Waals surface area contributed by atoms with Gasteiger partial charge in [-0.05, 0) is 30.0 Å². The van der Waals surface area contributed by atoms with E-state index in [4.69, 9.17) is 5.11 Å². The molecule has 1 rings (SSSR count). The van der Waals surface area contributed by atoms with Crippen LogP contribution >= 0.6 is 0 Å². The van der Waals surface area contributed by atoms with Gasteiger partial charge in [-0.15, -0.1) is 0 Å². The van der Waals surface area contributed by atoms with Crippen molar-refractivity contribution >= 4 is 9.84 Å². The second-order valence-corrected chi connectivity index (χ2v) is 6.09. The Hall–Kier alpha value is -0.870. The van der Waals surface area contributed by atoms with E-state index in [-0.39, 0.29) is 12.5 Å². The lowest BCUT2D eigenvalue weighted by molar-refractivity contribution is 0.222. The van der Waals surface area contributed by atoms with Crippen molar-refractivity contribution in [3.8, 4) is 0 Å². The first-order chi connectivity index (χ1) is 7.47. The van der Waals surface area contributed by atoms with E-state index in [1.54, 1.807) is 12.1 Å². The van der Waals surface area contributed by atoms with E-state index >= 15 is 0 Å². The summed E-state index contributed by atoms with van der Waals surface area (Å²) in [6.45, 7) is 2.20. The van der Waals surface area contributed by atoms with Crippen LogP contribution in [0.15, 0.2) is 29.2 Å². The molecule has 0 bridgehead atoms. The topological polar surface area (TPSA) is 54.4 Å². The summed E-state index contributed by atoms with van der Waals surface area (Å²) < 4.78 is 22.5. The van der Waals surface area contributed by atoms with Crippen LogP contribution in [-0.2, 0) is 16.3 Å². The fourth-order valence-corrected chi connectivity index (χ4v) is 2.17. The molecule has 0 saturated heterocycles. The van der Waals surface area contributed by atoms with Gasteiger partial charge in [0.25, 0.3) is 0 Å². The molecule has 0 heterocycles. The van der Waals surface area contributed by atoms with Crippen molar-refractivity contribution in [2.75, 3.05) is 12.9 Å². The van der Waals surface area contributed by atoms with Crippen molar-refractivity contribution in [3.63, 3.8) is 0 Å². The van der Waals surface area contributed by atoms with Crippen LogP contribution in [0.5, 0.6) is 0 Å². The number of aliphatic hydroxyl groups is 1. The van der Waals surface area contributed by atoms with Gasteiger partial charge in [-0.25, -0.2) is 8.42 Å². The summed E-state index contributed by atoms with van der Waals surface area (Å²) in [6.07, 6.45) is 2.91. The molecular formula is C12H18O3S. The Morgan fingerprint density at radius 3 is 2.19 bits per heavy atom. The predicted molar refractivity (Wildman–Crippen MR) is 64.1 cm³/mol. The van der Waals surface area contributed by atoms with Crippen LogP contribution in [-0.4, -0.2) is 26.4 Å². The monoisotopic (exact) mass is 242 g/mol. The quantitative estimate of drug-likeness (QED) is 0.854. The van der Waals surface area contributed by atoms with Crippen LogP contribution in [0.1, 0.15) is 18.9 Å². The average molecular weight is 242 g/mol. The highest BCUT2D eigenvalue weighted by atomic mass is 32.2. The molecule has 0 aromatic heterocycles. The maximum absolute atomic E-state index is 11.2. The first-order valence-electron chi connectivity index (χ1n) is 5.37. The molecule has 1 unspecified atom stereocenters. The molecule has 0 aliphatic heterocycles. The van der Waals surface area contributed by atoms with Crippen LogP contribution in [0.25, 0.3) is 0 Å². The number of benzene rings is 1. The molecular weight excluding hydrogens is 224 g/mol. The summed E-state index contributed by atoms with van der Waals surface area (Å²) in [5, 5.41) is 9.08. The molecule has 1 aromatic carbocycles.